The van der Waals surface area contributed by atoms with Crippen LogP contribution in [0.2, 0.25) is 0 Å². The average molecular weight is 307 g/mol. The van der Waals surface area contributed by atoms with E-state index in [1.807, 2.05) is 42.5 Å². The minimum Gasteiger partial charge on any atom is -0.468 e. The van der Waals surface area contributed by atoms with Crippen LogP contribution in [0.15, 0.2) is 54.6 Å². The molecule has 112 valence electrons. The van der Waals surface area contributed by atoms with Crippen molar-refractivity contribution in [3.05, 3.63) is 65.7 Å². The molecule has 0 aliphatic rings. The zero-order chi connectivity index (χ0) is 14.4. The van der Waals surface area contributed by atoms with Gasteiger partial charge in [-0.2, -0.15) is 0 Å². The van der Waals surface area contributed by atoms with E-state index in [1.165, 1.54) is 12.7 Å². The molecule has 0 saturated heterocycles. The molecule has 0 radical (unpaired) electrons. The highest BCUT2D eigenvalue weighted by molar-refractivity contribution is 5.85. The summed E-state index contributed by atoms with van der Waals surface area (Å²) in [5, 5.41) is 3.31. The van der Waals surface area contributed by atoms with Gasteiger partial charge in [-0.05, 0) is 23.3 Å². The Labute approximate surface area is 130 Å². The Morgan fingerprint density at radius 3 is 2.33 bits per heavy atom. The number of halogens is 1. The molecule has 5 heteroatoms. The molecule has 2 aromatic carbocycles. The predicted molar refractivity (Wildman–Crippen MR) is 86.4 cm³/mol. The lowest BCUT2D eigenvalue weighted by Gasteiger charge is -2.11. The molecule has 0 amide bonds. The van der Waals surface area contributed by atoms with E-state index in [0.717, 1.165) is 17.8 Å². The van der Waals surface area contributed by atoms with Gasteiger partial charge in [0.2, 0.25) is 0 Å². The number of hydrogen-bond donors (Lipinski definition) is 2. The molecule has 0 fully saturated rings. The van der Waals surface area contributed by atoms with Crippen LogP contribution in [0, 0.1) is 0 Å². The molecule has 1 atom stereocenters. The van der Waals surface area contributed by atoms with Gasteiger partial charge in [0.1, 0.15) is 6.04 Å². The van der Waals surface area contributed by atoms with Crippen molar-refractivity contribution in [2.24, 2.45) is 5.73 Å². The molecule has 0 aliphatic heterocycles. The molecule has 4 nitrogen and oxygen atoms in total. The molecule has 2 rings (SSSR count). The number of anilines is 1. The van der Waals surface area contributed by atoms with Crippen molar-refractivity contribution < 1.29 is 9.53 Å². The van der Waals surface area contributed by atoms with Crippen LogP contribution in [0.5, 0.6) is 0 Å². The summed E-state index contributed by atoms with van der Waals surface area (Å²) in [5.74, 6) is -0.435. The summed E-state index contributed by atoms with van der Waals surface area (Å²) in [6, 6.07) is 16.9. The van der Waals surface area contributed by atoms with Gasteiger partial charge >= 0.3 is 5.97 Å². The third kappa shape index (κ3) is 4.77. The van der Waals surface area contributed by atoms with E-state index in [9.17, 15) is 4.79 Å². The second-order valence-corrected chi connectivity index (χ2v) is 4.46. The Kier molecular flexibility index (Phi) is 6.72. The number of esters is 1. The third-order valence-electron chi connectivity index (χ3n) is 3.06. The van der Waals surface area contributed by atoms with Crippen LogP contribution < -0.4 is 11.1 Å². The molecule has 0 unspecified atom stereocenters. The number of hydrogen-bond acceptors (Lipinski definition) is 4. The van der Waals surface area contributed by atoms with Gasteiger partial charge in [0.25, 0.3) is 0 Å². The van der Waals surface area contributed by atoms with Crippen LogP contribution >= 0.6 is 12.4 Å². The number of carbonyl (C=O) groups excluding carboxylic acids is 1. The number of rotatable bonds is 5. The molecule has 0 spiro atoms. The van der Waals surface area contributed by atoms with Crippen LogP contribution in [-0.4, -0.2) is 13.1 Å². The summed E-state index contributed by atoms with van der Waals surface area (Å²) >= 11 is 0. The summed E-state index contributed by atoms with van der Waals surface area (Å²) in [4.78, 5) is 11.3. The van der Waals surface area contributed by atoms with Gasteiger partial charge in [0.05, 0.1) is 7.11 Å². The van der Waals surface area contributed by atoms with Gasteiger partial charge in [0.15, 0.2) is 0 Å². The maximum atomic E-state index is 11.3. The molecule has 0 aliphatic carbocycles. The Balaban J connectivity index is 0.00000220. The Morgan fingerprint density at radius 1 is 1.14 bits per heavy atom. The summed E-state index contributed by atoms with van der Waals surface area (Å²) in [7, 11) is 1.33. The van der Waals surface area contributed by atoms with Crippen molar-refractivity contribution in [2.45, 2.75) is 12.6 Å². The van der Waals surface area contributed by atoms with Crippen molar-refractivity contribution in [2.75, 3.05) is 12.4 Å². The highest BCUT2D eigenvalue weighted by atomic mass is 35.5. The van der Waals surface area contributed by atoms with Gasteiger partial charge in [-0.1, -0.05) is 42.5 Å². The standard InChI is InChI=1S/C16H18N2O2.ClH/c1-20-16(19)15(17)13-7-9-14(10-8-13)18-11-12-5-3-2-4-6-12;/h2-10,15,18H,11,17H2,1H3;1H/t15-;/m1./s1. The third-order valence-corrected chi connectivity index (χ3v) is 3.06. The molecule has 0 bridgehead atoms. The Hall–Kier alpha value is -2.04. The fraction of sp³-hybridized carbons (Fsp3) is 0.188. The summed E-state index contributed by atoms with van der Waals surface area (Å²) in [6.07, 6.45) is 0. The van der Waals surface area contributed by atoms with Crippen LogP contribution in [0.4, 0.5) is 5.69 Å². The summed E-state index contributed by atoms with van der Waals surface area (Å²) in [6.45, 7) is 0.753. The number of methoxy groups -OCH3 is 1. The van der Waals surface area contributed by atoms with Crippen LogP contribution in [0.25, 0.3) is 0 Å². The Morgan fingerprint density at radius 2 is 1.76 bits per heavy atom. The van der Waals surface area contributed by atoms with Crippen LogP contribution in [-0.2, 0) is 16.1 Å². The zero-order valence-electron chi connectivity index (χ0n) is 11.8. The van der Waals surface area contributed by atoms with Gasteiger partial charge in [-0.15, -0.1) is 12.4 Å². The smallest absolute Gasteiger partial charge is 0.327 e. The first-order valence-electron chi connectivity index (χ1n) is 6.42. The largest absolute Gasteiger partial charge is 0.468 e. The van der Waals surface area contributed by atoms with E-state index < -0.39 is 12.0 Å². The number of benzene rings is 2. The van der Waals surface area contributed by atoms with Crippen molar-refractivity contribution in [3.63, 3.8) is 0 Å². The minimum atomic E-state index is -0.733. The first-order chi connectivity index (χ1) is 9.70. The van der Waals surface area contributed by atoms with E-state index in [4.69, 9.17) is 5.73 Å². The fourth-order valence-electron chi connectivity index (χ4n) is 1.87. The summed E-state index contributed by atoms with van der Waals surface area (Å²) in [5.41, 5.74) is 8.70. The lowest BCUT2D eigenvalue weighted by molar-refractivity contribution is -0.142. The lowest BCUT2D eigenvalue weighted by atomic mass is 10.1. The molecule has 0 heterocycles. The topological polar surface area (TPSA) is 64.3 Å². The molecule has 0 aromatic heterocycles. The highest BCUT2D eigenvalue weighted by Crippen LogP contribution is 2.16. The van der Waals surface area contributed by atoms with Crippen molar-refractivity contribution in [1.82, 2.24) is 0 Å². The normalized spacial score (nSPS) is 11.1. The lowest BCUT2D eigenvalue weighted by Crippen LogP contribution is -2.22. The van der Waals surface area contributed by atoms with Crippen LogP contribution in [0.1, 0.15) is 17.2 Å². The van der Waals surface area contributed by atoms with Crippen molar-refractivity contribution in [1.29, 1.82) is 0 Å². The van der Waals surface area contributed by atoms with Gasteiger partial charge < -0.3 is 15.8 Å². The van der Waals surface area contributed by atoms with E-state index >= 15 is 0 Å². The van der Waals surface area contributed by atoms with E-state index in [2.05, 4.69) is 22.2 Å². The predicted octanol–water partition coefficient (Wildman–Crippen LogP) is 2.89. The zero-order valence-corrected chi connectivity index (χ0v) is 12.6. The van der Waals surface area contributed by atoms with Gasteiger partial charge in [-0.3, -0.25) is 4.79 Å². The maximum absolute atomic E-state index is 11.3. The molecule has 0 saturated carbocycles. The molecular formula is C16H19ClN2O2. The van der Waals surface area contributed by atoms with E-state index in [0.29, 0.717) is 0 Å². The Bertz CT molecular complexity index is 558. The monoisotopic (exact) mass is 306 g/mol. The average Bonchev–Trinajstić information content (AvgIpc) is 2.53. The number of nitrogens with one attached hydrogen (secondary N) is 1. The fourth-order valence-corrected chi connectivity index (χ4v) is 1.87. The number of carbonyl (C=O) groups is 1. The van der Waals surface area contributed by atoms with E-state index in [-0.39, 0.29) is 12.4 Å². The highest BCUT2D eigenvalue weighted by Gasteiger charge is 2.15. The second kappa shape index (κ2) is 8.29. The van der Waals surface area contributed by atoms with Crippen molar-refractivity contribution >= 4 is 24.1 Å². The van der Waals surface area contributed by atoms with Crippen molar-refractivity contribution in [3.8, 4) is 0 Å². The SMILES string of the molecule is COC(=O)[C@H](N)c1ccc(NCc2ccccc2)cc1.Cl. The summed E-state index contributed by atoms with van der Waals surface area (Å²) < 4.78 is 4.62. The molecule has 3 N–H and O–H groups in total. The van der Waals surface area contributed by atoms with Gasteiger partial charge in [0, 0.05) is 12.2 Å². The number of ether oxygens (including phenoxy) is 1. The van der Waals surface area contributed by atoms with Crippen LogP contribution in [0.3, 0.4) is 0 Å². The molecule has 21 heavy (non-hydrogen) atoms. The molecular weight excluding hydrogens is 288 g/mol. The second-order valence-electron chi connectivity index (χ2n) is 4.46. The number of nitrogens with two attached hydrogens (primary N) is 1. The first kappa shape index (κ1) is 17.0. The first-order valence-corrected chi connectivity index (χ1v) is 6.42. The minimum absolute atomic E-state index is 0. The van der Waals surface area contributed by atoms with Gasteiger partial charge in [-0.25, -0.2) is 0 Å². The quantitative estimate of drug-likeness (QED) is 0.834. The van der Waals surface area contributed by atoms with E-state index in [1.54, 1.807) is 0 Å². The molecule has 2 aromatic rings. The maximum Gasteiger partial charge on any atom is 0.327 e.